The fraction of sp³-hybridized carbons (Fsp3) is 0.500. The molecule has 0 atom stereocenters. The number of carbonyl (C=O) groups is 1. The Balaban J connectivity index is 0. The van der Waals surface area contributed by atoms with Gasteiger partial charge in [-0.15, -0.1) is 12.4 Å². The van der Waals surface area contributed by atoms with Gasteiger partial charge in [0.1, 0.15) is 6.29 Å². The first-order chi connectivity index (χ1) is 3.41. The van der Waals surface area contributed by atoms with Crippen molar-refractivity contribution in [1.29, 1.82) is 0 Å². The van der Waals surface area contributed by atoms with Gasteiger partial charge in [-0.1, -0.05) is 19.4 Å². The van der Waals surface area contributed by atoms with Gasteiger partial charge >= 0.3 is 0 Å². The lowest BCUT2D eigenvalue weighted by molar-refractivity contribution is -0.104. The number of allylic oxidation sites excluding steroid dienone is 2. The zero-order chi connectivity index (χ0) is 5.54. The summed E-state index contributed by atoms with van der Waals surface area (Å²) in [5, 5.41) is 0. The van der Waals surface area contributed by atoms with Crippen LogP contribution >= 0.6 is 12.4 Å². The molecule has 48 valence electrons. The summed E-state index contributed by atoms with van der Waals surface area (Å²) in [7, 11) is 0. The second-order valence-electron chi connectivity index (χ2n) is 1.35. The van der Waals surface area contributed by atoms with Crippen LogP contribution in [0.15, 0.2) is 12.2 Å². The van der Waals surface area contributed by atoms with E-state index < -0.39 is 0 Å². The SMILES string of the molecule is CCCC=CC=O.Cl. The third-order valence-corrected chi connectivity index (χ3v) is 0.670. The van der Waals surface area contributed by atoms with Gasteiger partial charge in [-0.05, 0) is 12.5 Å². The molecule has 0 unspecified atom stereocenters. The van der Waals surface area contributed by atoms with Gasteiger partial charge in [0.25, 0.3) is 0 Å². The molecule has 0 saturated carbocycles. The van der Waals surface area contributed by atoms with Gasteiger partial charge in [0.15, 0.2) is 0 Å². The number of aldehydes is 1. The average Bonchev–Trinajstić information content (AvgIpc) is 1.69. The molecule has 0 aromatic heterocycles. The molecule has 0 rings (SSSR count). The molecule has 0 saturated heterocycles. The molecular weight excluding hydrogens is 124 g/mol. The highest BCUT2D eigenvalue weighted by atomic mass is 35.5. The molecular formula is C6H11ClO. The molecule has 2 heteroatoms. The van der Waals surface area contributed by atoms with Crippen molar-refractivity contribution in [3.05, 3.63) is 12.2 Å². The molecule has 0 aromatic carbocycles. The van der Waals surface area contributed by atoms with Crippen LogP contribution < -0.4 is 0 Å². The summed E-state index contributed by atoms with van der Waals surface area (Å²) in [6.45, 7) is 2.08. The molecule has 0 bridgehead atoms. The largest absolute Gasteiger partial charge is 0.299 e. The van der Waals surface area contributed by atoms with Crippen molar-refractivity contribution in [2.24, 2.45) is 0 Å². The molecule has 0 heterocycles. The molecule has 1 nitrogen and oxygen atoms in total. The molecule has 0 aliphatic carbocycles. The lowest BCUT2D eigenvalue weighted by atomic mass is 10.3. The van der Waals surface area contributed by atoms with Crippen LogP contribution in [0.4, 0.5) is 0 Å². The molecule has 0 fully saturated rings. The Morgan fingerprint density at radius 2 is 2.12 bits per heavy atom. The highest BCUT2D eigenvalue weighted by Crippen LogP contribution is 1.85. The van der Waals surface area contributed by atoms with Crippen LogP contribution in [0.2, 0.25) is 0 Å². The number of carbonyl (C=O) groups excluding carboxylic acids is 1. The smallest absolute Gasteiger partial charge is 0.142 e. The van der Waals surface area contributed by atoms with E-state index >= 15 is 0 Å². The van der Waals surface area contributed by atoms with Crippen molar-refractivity contribution < 1.29 is 4.79 Å². The summed E-state index contributed by atoms with van der Waals surface area (Å²) in [5.41, 5.74) is 0. The summed E-state index contributed by atoms with van der Waals surface area (Å²) < 4.78 is 0. The minimum atomic E-state index is 0. The molecule has 0 amide bonds. The topological polar surface area (TPSA) is 17.1 Å². The first kappa shape index (κ1) is 10.6. The standard InChI is InChI=1S/C6H10O.ClH/c1-2-3-4-5-6-7;/h4-6H,2-3H2,1H3;1H. The number of rotatable bonds is 3. The monoisotopic (exact) mass is 134 g/mol. The van der Waals surface area contributed by atoms with Crippen LogP contribution in [-0.4, -0.2) is 6.29 Å². The molecule has 0 radical (unpaired) electrons. The zero-order valence-electron chi connectivity index (χ0n) is 4.96. The number of hydrogen-bond donors (Lipinski definition) is 0. The van der Waals surface area contributed by atoms with Gasteiger partial charge in [-0.2, -0.15) is 0 Å². The lowest BCUT2D eigenvalue weighted by Crippen LogP contribution is -1.61. The van der Waals surface area contributed by atoms with Crippen LogP contribution in [0.1, 0.15) is 19.8 Å². The van der Waals surface area contributed by atoms with Crippen LogP contribution in [0, 0.1) is 0 Å². The summed E-state index contributed by atoms with van der Waals surface area (Å²) in [4.78, 5) is 9.59. The van der Waals surface area contributed by atoms with Crippen molar-refractivity contribution in [2.45, 2.75) is 19.8 Å². The Kier molecular flexibility index (Phi) is 13.1. The fourth-order valence-corrected chi connectivity index (χ4v) is 0.318. The Morgan fingerprint density at radius 3 is 2.50 bits per heavy atom. The van der Waals surface area contributed by atoms with Crippen molar-refractivity contribution in [2.75, 3.05) is 0 Å². The third-order valence-electron chi connectivity index (χ3n) is 0.670. The van der Waals surface area contributed by atoms with Crippen LogP contribution in [0.3, 0.4) is 0 Å². The van der Waals surface area contributed by atoms with Crippen LogP contribution in [0.5, 0.6) is 0 Å². The Labute approximate surface area is 56.2 Å². The predicted molar refractivity (Wildman–Crippen MR) is 37.4 cm³/mol. The predicted octanol–water partition coefficient (Wildman–Crippen LogP) is 1.96. The van der Waals surface area contributed by atoms with Gasteiger partial charge in [-0.25, -0.2) is 0 Å². The average molecular weight is 135 g/mol. The molecule has 0 aliphatic heterocycles. The third kappa shape index (κ3) is 9.20. The minimum Gasteiger partial charge on any atom is -0.299 e. The molecule has 8 heavy (non-hydrogen) atoms. The van der Waals surface area contributed by atoms with E-state index in [2.05, 4.69) is 6.92 Å². The van der Waals surface area contributed by atoms with Gasteiger partial charge in [0.05, 0.1) is 0 Å². The summed E-state index contributed by atoms with van der Waals surface area (Å²) in [5.74, 6) is 0. The van der Waals surface area contributed by atoms with Crippen molar-refractivity contribution in [1.82, 2.24) is 0 Å². The van der Waals surface area contributed by atoms with E-state index in [1.165, 1.54) is 6.08 Å². The second kappa shape index (κ2) is 9.85. The van der Waals surface area contributed by atoms with E-state index in [1.807, 2.05) is 6.08 Å². The number of halogens is 1. The first-order valence-corrected chi connectivity index (χ1v) is 2.52. The van der Waals surface area contributed by atoms with Gasteiger partial charge in [0, 0.05) is 0 Å². The van der Waals surface area contributed by atoms with Gasteiger partial charge < -0.3 is 0 Å². The summed E-state index contributed by atoms with van der Waals surface area (Å²) in [6.07, 6.45) is 6.33. The van der Waals surface area contributed by atoms with Crippen molar-refractivity contribution in [3.8, 4) is 0 Å². The van der Waals surface area contributed by atoms with Crippen LogP contribution in [0.25, 0.3) is 0 Å². The highest BCUT2D eigenvalue weighted by Gasteiger charge is 1.67. The quantitative estimate of drug-likeness (QED) is 0.426. The first-order valence-electron chi connectivity index (χ1n) is 2.52. The maximum atomic E-state index is 9.59. The Bertz CT molecular complexity index is 68.9. The molecule has 0 spiro atoms. The lowest BCUT2D eigenvalue weighted by Gasteiger charge is -1.76. The summed E-state index contributed by atoms with van der Waals surface area (Å²) in [6, 6.07) is 0. The van der Waals surface area contributed by atoms with E-state index in [9.17, 15) is 4.79 Å². The molecule has 0 aliphatic rings. The van der Waals surface area contributed by atoms with Gasteiger partial charge in [0.2, 0.25) is 0 Å². The maximum Gasteiger partial charge on any atom is 0.142 e. The van der Waals surface area contributed by atoms with E-state index in [0.717, 1.165) is 19.1 Å². The number of hydrogen-bond acceptors (Lipinski definition) is 1. The Morgan fingerprint density at radius 1 is 1.50 bits per heavy atom. The van der Waals surface area contributed by atoms with Crippen LogP contribution in [-0.2, 0) is 4.79 Å². The van der Waals surface area contributed by atoms with Crippen molar-refractivity contribution >= 4 is 18.7 Å². The highest BCUT2D eigenvalue weighted by molar-refractivity contribution is 5.85. The second-order valence-corrected chi connectivity index (χ2v) is 1.35. The normalized spacial score (nSPS) is 8.62. The van der Waals surface area contributed by atoms with Crippen molar-refractivity contribution in [3.63, 3.8) is 0 Å². The number of unbranched alkanes of at least 4 members (excludes halogenated alkanes) is 1. The van der Waals surface area contributed by atoms with Gasteiger partial charge in [-0.3, -0.25) is 4.79 Å². The van der Waals surface area contributed by atoms with E-state index in [4.69, 9.17) is 0 Å². The molecule has 0 N–H and O–H groups in total. The Hall–Kier alpha value is -0.300. The summed E-state index contributed by atoms with van der Waals surface area (Å²) >= 11 is 0. The minimum absolute atomic E-state index is 0. The zero-order valence-corrected chi connectivity index (χ0v) is 5.78. The molecule has 0 aromatic rings. The van der Waals surface area contributed by atoms with E-state index in [-0.39, 0.29) is 12.4 Å². The van der Waals surface area contributed by atoms with E-state index in [1.54, 1.807) is 0 Å². The maximum absolute atomic E-state index is 9.59. The van der Waals surface area contributed by atoms with E-state index in [0.29, 0.717) is 0 Å². The fourth-order valence-electron chi connectivity index (χ4n) is 0.318.